The van der Waals surface area contributed by atoms with Gasteiger partial charge in [-0.3, -0.25) is 4.98 Å². The van der Waals surface area contributed by atoms with Gasteiger partial charge in [-0.15, -0.1) is 12.4 Å². The third-order valence-corrected chi connectivity index (χ3v) is 4.56. The van der Waals surface area contributed by atoms with E-state index in [0.717, 1.165) is 56.0 Å². The smallest absolute Gasteiger partial charge is 0.0932 e. The second kappa shape index (κ2) is 6.90. The first-order valence-corrected chi connectivity index (χ1v) is 8.32. The Bertz CT molecular complexity index is 1060. The predicted molar refractivity (Wildman–Crippen MR) is 107 cm³/mol. The Morgan fingerprint density at radius 2 is 1.92 bits per heavy atom. The van der Waals surface area contributed by atoms with Crippen LogP contribution in [-0.4, -0.2) is 15.0 Å². The van der Waals surface area contributed by atoms with Gasteiger partial charge in [0.05, 0.1) is 28.6 Å². The van der Waals surface area contributed by atoms with E-state index in [9.17, 15) is 0 Å². The second-order valence-electron chi connectivity index (χ2n) is 5.85. The first-order valence-electron chi connectivity index (χ1n) is 7.94. The monoisotopic (exact) mass is 372 g/mol. The number of anilines is 2. The Hall–Kier alpha value is -2.30. The fourth-order valence-corrected chi connectivity index (χ4v) is 3.35. The molecule has 0 spiro atoms. The molecule has 6 heteroatoms. The summed E-state index contributed by atoms with van der Waals surface area (Å²) in [7, 11) is 0. The number of hydrogen-bond donors (Lipinski definition) is 2. The summed E-state index contributed by atoms with van der Waals surface area (Å²) in [5, 5.41) is 5.30. The number of nitrogens with one attached hydrogen (secondary N) is 2. The fourth-order valence-electron chi connectivity index (χ4n) is 3.04. The average molecular weight is 373 g/mol. The first kappa shape index (κ1) is 17.5. The van der Waals surface area contributed by atoms with Crippen LogP contribution >= 0.6 is 24.0 Å². The molecule has 2 N–H and O–H groups in total. The minimum Gasteiger partial charge on any atom is -0.355 e. The number of rotatable bonds is 3. The molecule has 0 aliphatic heterocycles. The van der Waals surface area contributed by atoms with Gasteiger partial charge < -0.3 is 10.3 Å². The highest BCUT2D eigenvalue weighted by Crippen LogP contribution is 2.32. The van der Waals surface area contributed by atoms with Crippen LogP contribution in [0.2, 0.25) is 5.02 Å². The third-order valence-electron chi connectivity index (χ3n) is 4.21. The predicted octanol–water partition coefficient (Wildman–Crippen LogP) is 5.80. The number of halogens is 2. The number of benzene rings is 2. The average Bonchev–Trinajstić information content (AvgIpc) is 3.03. The van der Waals surface area contributed by atoms with Crippen LogP contribution in [0.3, 0.4) is 0 Å². The van der Waals surface area contributed by atoms with Crippen molar-refractivity contribution in [3.63, 3.8) is 0 Å². The van der Waals surface area contributed by atoms with Crippen molar-refractivity contribution in [2.45, 2.75) is 20.3 Å². The Labute approximate surface area is 157 Å². The quantitative estimate of drug-likeness (QED) is 0.477. The Kier molecular flexibility index (Phi) is 4.84. The van der Waals surface area contributed by atoms with Crippen LogP contribution in [0.5, 0.6) is 0 Å². The fraction of sp³-hybridized carbons (Fsp3) is 0.158. The summed E-state index contributed by atoms with van der Waals surface area (Å²) in [5.41, 5.74) is 6.90. The number of aromatic nitrogens is 3. The molecule has 4 aromatic rings. The molecule has 0 atom stereocenters. The van der Waals surface area contributed by atoms with Crippen molar-refractivity contribution >= 4 is 57.3 Å². The van der Waals surface area contributed by atoms with E-state index in [1.807, 2.05) is 31.2 Å². The number of hydrogen-bond acceptors (Lipinski definition) is 3. The SMILES string of the molecule is CCc1ccc(Nc2cc(C)nc3ccc4nc[nH]c4c23)cc1Cl.Cl. The Balaban J connectivity index is 0.00000182. The third kappa shape index (κ3) is 3.15. The molecule has 0 radical (unpaired) electrons. The molecule has 0 saturated heterocycles. The number of aryl methyl sites for hydroxylation is 2. The minimum atomic E-state index is 0. The summed E-state index contributed by atoms with van der Waals surface area (Å²) in [5.74, 6) is 0. The van der Waals surface area contributed by atoms with Gasteiger partial charge >= 0.3 is 0 Å². The zero-order valence-electron chi connectivity index (χ0n) is 13.9. The highest BCUT2D eigenvalue weighted by Gasteiger charge is 2.11. The van der Waals surface area contributed by atoms with Crippen molar-refractivity contribution in [2.75, 3.05) is 5.32 Å². The van der Waals surface area contributed by atoms with Gasteiger partial charge in [-0.2, -0.15) is 0 Å². The van der Waals surface area contributed by atoms with E-state index in [1.165, 1.54) is 0 Å². The lowest BCUT2D eigenvalue weighted by Gasteiger charge is -2.13. The van der Waals surface area contributed by atoms with Crippen LogP contribution in [-0.2, 0) is 6.42 Å². The van der Waals surface area contributed by atoms with Gasteiger partial charge in [0.25, 0.3) is 0 Å². The molecule has 0 aliphatic carbocycles. The molecule has 2 aromatic heterocycles. The molecule has 2 aromatic carbocycles. The van der Waals surface area contributed by atoms with Gasteiger partial charge in [0.1, 0.15) is 0 Å². The molecule has 0 unspecified atom stereocenters. The van der Waals surface area contributed by atoms with Crippen LogP contribution in [0.4, 0.5) is 11.4 Å². The lowest BCUT2D eigenvalue weighted by Crippen LogP contribution is -1.96. The maximum atomic E-state index is 6.35. The number of pyridine rings is 1. The number of nitrogens with zero attached hydrogens (tertiary/aromatic N) is 2. The number of imidazole rings is 1. The highest BCUT2D eigenvalue weighted by atomic mass is 35.5. The van der Waals surface area contributed by atoms with E-state index in [4.69, 9.17) is 11.6 Å². The second-order valence-corrected chi connectivity index (χ2v) is 6.26. The molecule has 25 heavy (non-hydrogen) atoms. The van der Waals surface area contributed by atoms with Crippen LogP contribution in [0.15, 0.2) is 42.7 Å². The molecule has 128 valence electrons. The van der Waals surface area contributed by atoms with Crippen LogP contribution in [0.25, 0.3) is 21.9 Å². The van der Waals surface area contributed by atoms with Crippen molar-refractivity contribution in [1.82, 2.24) is 15.0 Å². The van der Waals surface area contributed by atoms with Crippen molar-refractivity contribution in [3.8, 4) is 0 Å². The van der Waals surface area contributed by atoms with Crippen molar-refractivity contribution in [3.05, 3.63) is 59.0 Å². The normalized spacial score (nSPS) is 10.8. The molecule has 0 saturated carbocycles. The molecular formula is C19H18Cl2N4. The first-order chi connectivity index (χ1) is 11.7. The van der Waals surface area contributed by atoms with Gasteiger partial charge in [-0.25, -0.2) is 4.98 Å². The Morgan fingerprint density at radius 3 is 2.68 bits per heavy atom. The van der Waals surface area contributed by atoms with E-state index < -0.39 is 0 Å². The van der Waals surface area contributed by atoms with E-state index in [0.29, 0.717) is 0 Å². The van der Waals surface area contributed by atoms with E-state index >= 15 is 0 Å². The van der Waals surface area contributed by atoms with E-state index in [-0.39, 0.29) is 12.4 Å². The van der Waals surface area contributed by atoms with Crippen LogP contribution in [0.1, 0.15) is 18.2 Å². The number of H-pyrrole nitrogens is 1. The molecule has 0 fully saturated rings. The zero-order chi connectivity index (χ0) is 16.7. The zero-order valence-corrected chi connectivity index (χ0v) is 15.5. The molecule has 0 bridgehead atoms. The van der Waals surface area contributed by atoms with Gasteiger partial charge in [0.15, 0.2) is 0 Å². The minimum absolute atomic E-state index is 0. The maximum Gasteiger partial charge on any atom is 0.0932 e. The molecule has 2 heterocycles. The van der Waals surface area contributed by atoms with Gasteiger partial charge in [-0.05, 0) is 49.2 Å². The molecule has 0 aliphatic rings. The standard InChI is InChI=1S/C19H17ClN4.ClH/c1-3-12-4-5-13(9-14(12)20)24-17-8-11(2)23-15-6-7-16-19(18(15)17)22-10-21-16;/h4-10H,3H2,1-2H3,(H,21,22)(H,23,24);1H. The lowest BCUT2D eigenvalue weighted by molar-refractivity contribution is 1.14. The summed E-state index contributed by atoms with van der Waals surface area (Å²) in [6, 6.07) is 12.1. The summed E-state index contributed by atoms with van der Waals surface area (Å²) in [6.45, 7) is 4.10. The number of fused-ring (bicyclic) bond motifs is 3. The van der Waals surface area contributed by atoms with Crippen molar-refractivity contribution in [2.24, 2.45) is 0 Å². The molecule has 0 amide bonds. The van der Waals surface area contributed by atoms with Crippen molar-refractivity contribution in [1.29, 1.82) is 0 Å². The van der Waals surface area contributed by atoms with Crippen LogP contribution < -0.4 is 5.32 Å². The summed E-state index contributed by atoms with van der Waals surface area (Å²) < 4.78 is 0. The van der Waals surface area contributed by atoms with Gasteiger partial charge in [-0.1, -0.05) is 24.6 Å². The molecule has 4 nitrogen and oxygen atoms in total. The molecular weight excluding hydrogens is 355 g/mol. The van der Waals surface area contributed by atoms with Crippen molar-refractivity contribution < 1.29 is 0 Å². The summed E-state index contributed by atoms with van der Waals surface area (Å²) in [6.07, 6.45) is 2.63. The molecule has 4 rings (SSSR count). The van der Waals surface area contributed by atoms with Gasteiger partial charge in [0.2, 0.25) is 0 Å². The van der Waals surface area contributed by atoms with E-state index in [2.05, 4.69) is 39.3 Å². The Morgan fingerprint density at radius 1 is 1.12 bits per heavy atom. The topological polar surface area (TPSA) is 53.6 Å². The largest absolute Gasteiger partial charge is 0.355 e. The summed E-state index contributed by atoms with van der Waals surface area (Å²) >= 11 is 6.35. The summed E-state index contributed by atoms with van der Waals surface area (Å²) in [4.78, 5) is 12.2. The van der Waals surface area contributed by atoms with Crippen LogP contribution in [0, 0.1) is 6.92 Å². The lowest BCUT2D eigenvalue weighted by atomic mass is 10.1. The maximum absolute atomic E-state index is 6.35. The van der Waals surface area contributed by atoms with Gasteiger partial charge in [0, 0.05) is 21.8 Å². The number of aromatic amines is 1. The van der Waals surface area contributed by atoms with E-state index in [1.54, 1.807) is 6.33 Å². The highest BCUT2D eigenvalue weighted by molar-refractivity contribution is 6.31.